The van der Waals surface area contributed by atoms with Crippen LogP contribution in [0.5, 0.6) is 23.0 Å². The van der Waals surface area contributed by atoms with E-state index in [9.17, 15) is 14.7 Å². The molecule has 0 aliphatic rings. The fourth-order valence-corrected chi connectivity index (χ4v) is 2.83. The summed E-state index contributed by atoms with van der Waals surface area (Å²) in [6, 6.07) is 9.92. The van der Waals surface area contributed by atoms with Crippen molar-refractivity contribution < 1.29 is 38.4 Å². The van der Waals surface area contributed by atoms with Gasteiger partial charge in [-0.3, -0.25) is 0 Å². The lowest BCUT2D eigenvalue weighted by atomic mass is 9.99. The number of carbonyl (C=O) groups excluding carboxylic acids is 1. The van der Waals surface area contributed by atoms with E-state index >= 15 is 0 Å². The molecule has 0 spiro atoms. The van der Waals surface area contributed by atoms with Gasteiger partial charge in [-0.25, -0.2) is 9.59 Å². The van der Waals surface area contributed by atoms with E-state index in [1.54, 1.807) is 36.4 Å². The Labute approximate surface area is 180 Å². The molecular weight excluding hydrogens is 404 g/mol. The second kappa shape index (κ2) is 10.7. The molecule has 0 aliphatic carbocycles. The molecule has 8 heteroatoms. The highest BCUT2D eigenvalue weighted by atomic mass is 16.5. The second-order valence-electron chi connectivity index (χ2n) is 6.14. The quantitative estimate of drug-likeness (QED) is 0.368. The van der Waals surface area contributed by atoms with Crippen LogP contribution in [0.15, 0.2) is 47.5 Å². The number of carbonyl (C=O) groups is 2. The number of ether oxygens (including phenoxy) is 5. The zero-order valence-corrected chi connectivity index (χ0v) is 17.9. The Bertz CT molecular complexity index is 978. The third-order valence-electron chi connectivity index (χ3n) is 4.35. The number of esters is 1. The molecule has 0 atom stereocenters. The number of carboxylic acids is 1. The summed E-state index contributed by atoms with van der Waals surface area (Å²) in [6.07, 6.45) is 2.77. The monoisotopic (exact) mass is 428 g/mol. The van der Waals surface area contributed by atoms with Crippen LogP contribution in [0.4, 0.5) is 0 Å². The number of benzene rings is 2. The number of rotatable bonds is 9. The maximum atomic E-state index is 12.5. The molecule has 0 bridgehead atoms. The van der Waals surface area contributed by atoms with E-state index in [1.165, 1.54) is 47.7 Å². The smallest absolute Gasteiger partial charge is 0.338 e. The number of hydrogen-bond acceptors (Lipinski definition) is 7. The van der Waals surface area contributed by atoms with Crippen LogP contribution in [0.3, 0.4) is 0 Å². The minimum absolute atomic E-state index is 0.153. The van der Waals surface area contributed by atoms with Crippen LogP contribution in [0.2, 0.25) is 0 Å². The first kappa shape index (κ1) is 23.3. The van der Waals surface area contributed by atoms with Crippen molar-refractivity contribution in [1.29, 1.82) is 0 Å². The summed E-state index contributed by atoms with van der Waals surface area (Å²) in [5.41, 5.74) is 0.625. The van der Waals surface area contributed by atoms with Crippen molar-refractivity contribution in [3.05, 3.63) is 58.7 Å². The first-order chi connectivity index (χ1) is 14.9. The Kier molecular flexibility index (Phi) is 8.08. The molecule has 0 saturated heterocycles. The van der Waals surface area contributed by atoms with Crippen LogP contribution < -0.4 is 18.9 Å². The molecule has 8 nitrogen and oxygen atoms in total. The number of carboxylic acid groups (broad SMARTS) is 1. The normalized spacial score (nSPS) is 11.5. The Morgan fingerprint density at radius 3 is 1.71 bits per heavy atom. The van der Waals surface area contributed by atoms with Crippen molar-refractivity contribution in [1.82, 2.24) is 0 Å². The van der Waals surface area contributed by atoms with Gasteiger partial charge in [-0.1, -0.05) is 12.1 Å². The van der Waals surface area contributed by atoms with Crippen LogP contribution >= 0.6 is 0 Å². The molecular formula is C23H24O8. The fraction of sp³-hybridized carbons (Fsp3) is 0.217. The highest BCUT2D eigenvalue weighted by Crippen LogP contribution is 2.39. The third kappa shape index (κ3) is 5.57. The van der Waals surface area contributed by atoms with Crippen LogP contribution in [0.25, 0.3) is 12.2 Å². The molecule has 0 saturated carbocycles. The summed E-state index contributed by atoms with van der Waals surface area (Å²) >= 11 is 0. The van der Waals surface area contributed by atoms with E-state index in [0.29, 0.717) is 34.1 Å². The van der Waals surface area contributed by atoms with Gasteiger partial charge in [0.25, 0.3) is 0 Å². The van der Waals surface area contributed by atoms with Crippen LogP contribution in [-0.4, -0.2) is 52.6 Å². The van der Waals surface area contributed by atoms with Crippen LogP contribution in [0.1, 0.15) is 11.1 Å². The van der Waals surface area contributed by atoms with E-state index in [-0.39, 0.29) is 11.1 Å². The molecule has 0 unspecified atom stereocenters. The number of aliphatic carboxylic acids is 1. The zero-order valence-electron chi connectivity index (χ0n) is 17.9. The van der Waals surface area contributed by atoms with Crippen molar-refractivity contribution in [2.75, 3.05) is 35.5 Å². The molecule has 164 valence electrons. The molecule has 0 amide bonds. The van der Waals surface area contributed by atoms with E-state index in [0.717, 1.165) is 0 Å². The van der Waals surface area contributed by atoms with Crippen LogP contribution in [-0.2, 0) is 14.3 Å². The lowest BCUT2D eigenvalue weighted by molar-refractivity contribution is -0.138. The third-order valence-corrected chi connectivity index (χ3v) is 4.35. The molecule has 0 fully saturated rings. The van der Waals surface area contributed by atoms with Gasteiger partial charge in [0.15, 0.2) is 11.5 Å². The van der Waals surface area contributed by atoms with Gasteiger partial charge in [-0.15, -0.1) is 0 Å². The van der Waals surface area contributed by atoms with E-state index in [4.69, 9.17) is 23.7 Å². The average molecular weight is 428 g/mol. The van der Waals surface area contributed by atoms with E-state index in [2.05, 4.69) is 0 Å². The molecule has 0 aliphatic heterocycles. The van der Waals surface area contributed by atoms with Crippen LogP contribution in [0, 0.1) is 0 Å². The Balaban J connectivity index is 2.66. The standard InChI is InChI=1S/C23H24O8/c1-27-16-8-6-14(7-9-16)10-17(22(24)25)18(23(26)31-5)11-15-12-19(28-2)21(30-4)20(13-15)29-3/h6-13H,1-5H3,(H,24,25)/b17-10+,18-11+. The number of hydrogen-bond donors (Lipinski definition) is 1. The summed E-state index contributed by atoms with van der Waals surface area (Å²) in [5, 5.41) is 9.80. The lowest BCUT2D eigenvalue weighted by Gasteiger charge is -2.14. The Morgan fingerprint density at radius 2 is 1.29 bits per heavy atom. The molecule has 0 radical (unpaired) electrons. The second-order valence-corrected chi connectivity index (χ2v) is 6.14. The average Bonchev–Trinajstić information content (AvgIpc) is 2.80. The largest absolute Gasteiger partial charge is 0.497 e. The molecule has 0 heterocycles. The van der Waals surface area contributed by atoms with Gasteiger partial charge in [-0.2, -0.15) is 0 Å². The molecule has 2 rings (SSSR count). The van der Waals surface area contributed by atoms with Gasteiger partial charge < -0.3 is 28.8 Å². The summed E-state index contributed by atoms with van der Waals surface area (Å²) in [7, 11) is 7.09. The first-order valence-corrected chi connectivity index (χ1v) is 9.07. The summed E-state index contributed by atoms with van der Waals surface area (Å²) in [4.78, 5) is 24.5. The molecule has 2 aromatic rings. The van der Waals surface area contributed by atoms with Gasteiger partial charge >= 0.3 is 11.9 Å². The van der Waals surface area contributed by atoms with Crippen molar-refractivity contribution in [2.45, 2.75) is 0 Å². The maximum absolute atomic E-state index is 12.5. The lowest BCUT2D eigenvalue weighted by Crippen LogP contribution is -2.13. The highest BCUT2D eigenvalue weighted by Gasteiger charge is 2.22. The minimum atomic E-state index is -1.29. The summed E-state index contributed by atoms with van der Waals surface area (Å²) in [6.45, 7) is 0. The van der Waals surface area contributed by atoms with Crippen molar-refractivity contribution in [2.24, 2.45) is 0 Å². The number of methoxy groups -OCH3 is 5. The minimum Gasteiger partial charge on any atom is -0.497 e. The van der Waals surface area contributed by atoms with Crippen molar-refractivity contribution in [3.8, 4) is 23.0 Å². The predicted octanol–water partition coefficient (Wildman–Crippen LogP) is 3.45. The Morgan fingerprint density at radius 1 is 0.742 bits per heavy atom. The molecule has 0 aromatic heterocycles. The topological polar surface area (TPSA) is 101 Å². The van der Waals surface area contributed by atoms with Gasteiger partial charge in [0, 0.05) is 0 Å². The van der Waals surface area contributed by atoms with Crippen molar-refractivity contribution in [3.63, 3.8) is 0 Å². The molecule has 2 aromatic carbocycles. The summed E-state index contributed by atoms with van der Waals surface area (Å²) < 4.78 is 25.9. The zero-order chi connectivity index (χ0) is 23.0. The molecule has 31 heavy (non-hydrogen) atoms. The summed E-state index contributed by atoms with van der Waals surface area (Å²) in [5.74, 6) is -0.401. The molecule has 1 N–H and O–H groups in total. The fourth-order valence-electron chi connectivity index (χ4n) is 2.83. The maximum Gasteiger partial charge on any atom is 0.338 e. The Hall–Kier alpha value is -3.94. The highest BCUT2D eigenvalue weighted by molar-refractivity contribution is 6.12. The van der Waals surface area contributed by atoms with E-state index in [1.807, 2.05) is 0 Å². The van der Waals surface area contributed by atoms with Gasteiger partial charge in [0.05, 0.1) is 46.7 Å². The SMILES string of the molecule is COC(=O)C(=C/c1cc(OC)c(OC)c(OC)c1)/C(=C\c1ccc(OC)cc1)C(=O)O. The van der Waals surface area contributed by atoms with Gasteiger partial charge in [0.1, 0.15) is 5.75 Å². The van der Waals surface area contributed by atoms with Gasteiger partial charge in [-0.05, 0) is 47.5 Å². The van der Waals surface area contributed by atoms with Crippen molar-refractivity contribution >= 4 is 24.1 Å². The van der Waals surface area contributed by atoms with Gasteiger partial charge in [0.2, 0.25) is 5.75 Å². The van der Waals surface area contributed by atoms with E-state index < -0.39 is 11.9 Å². The predicted molar refractivity (Wildman–Crippen MR) is 115 cm³/mol. The first-order valence-electron chi connectivity index (χ1n) is 9.07.